The molecule has 176 valence electrons. The van der Waals surface area contributed by atoms with Gasteiger partial charge in [0.15, 0.2) is 0 Å². The Morgan fingerprint density at radius 1 is 0.968 bits per heavy atom. The van der Waals surface area contributed by atoms with E-state index in [2.05, 4.69) is 26.1 Å². The van der Waals surface area contributed by atoms with Gasteiger partial charge in [0, 0.05) is 12.5 Å². The van der Waals surface area contributed by atoms with Gasteiger partial charge in [-0.15, -0.1) is 0 Å². The molecule has 5 aliphatic rings. The highest BCUT2D eigenvalue weighted by Gasteiger charge is 2.62. The third-order valence-electron chi connectivity index (χ3n) is 11.2. The Labute approximate surface area is 188 Å². The summed E-state index contributed by atoms with van der Waals surface area (Å²) >= 11 is 0. The zero-order chi connectivity index (χ0) is 22.0. The van der Waals surface area contributed by atoms with Crippen LogP contribution < -0.4 is 5.32 Å². The molecule has 0 saturated heterocycles. The first-order valence-electron chi connectivity index (χ1n) is 13.4. The Morgan fingerprint density at radius 3 is 2.42 bits per heavy atom. The third kappa shape index (κ3) is 3.78. The van der Waals surface area contributed by atoms with Gasteiger partial charge in [0.05, 0.1) is 12.2 Å². The minimum atomic E-state index is -0.198. The van der Waals surface area contributed by atoms with Crippen LogP contribution in [0.25, 0.3) is 0 Å². The molecule has 5 aliphatic carbocycles. The van der Waals surface area contributed by atoms with Crippen molar-refractivity contribution in [2.75, 3.05) is 0 Å². The molecule has 0 aromatic carbocycles. The monoisotopic (exact) mass is 431 g/mol. The van der Waals surface area contributed by atoms with Crippen LogP contribution in [-0.4, -0.2) is 34.4 Å². The maximum absolute atomic E-state index is 12.2. The van der Waals surface area contributed by atoms with Crippen LogP contribution in [0.15, 0.2) is 0 Å². The van der Waals surface area contributed by atoms with Crippen LogP contribution in [0.3, 0.4) is 0 Å². The van der Waals surface area contributed by atoms with Crippen molar-refractivity contribution in [2.24, 2.45) is 46.3 Å². The summed E-state index contributed by atoms with van der Waals surface area (Å²) in [7, 11) is 0. The minimum Gasteiger partial charge on any atom is -0.393 e. The molecule has 5 fully saturated rings. The number of carbonyl (C=O) groups excluding carboxylic acids is 1. The van der Waals surface area contributed by atoms with Crippen LogP contribution in [-0.2, 0) is 4.79 Å². The molecule has 0 aromatic rings. The average Bonchev–Trinajstić information content (AvgIpc) is 3.46. The van der Waals surface area contributed by atoms with Gasteiger partial charge in [-0.05, 0) is 117 Å². The smallest absolute Gasteiger partial charge is 0.220 e. The first kappa shape index (κ1) is 22.2. The van der Waals surface area contributed by atoms with E-state index in [1.165, 1.54) is 25.7 Å². The summed E-state index contributed by atoms with van der Waals surface area (Å²) in [4.78, 5) is 12.2. The highest BCUT2D eigenvalue weighted by molar-refractivity contribution is 5.76. The van der Waals surface area contributed by atoms with Gasteiger partial charge in [0.25, 0.3) is 0 Å². The Bertz CT molecular complexity index is 692. The Balaban J connectivity index is 1.28. The number of hydrogen-bond acceptors (Lipinski definition) is 3. The van der Waals surface area contributed by atoms with Gasteiger partial charge in [-0.25, -0.2) is 0 Å². The van der Waals surface area contributed by atoms with Crippen molar-refractivity contribution in [3.63, 3.8) is 0 Å². The molecule has 1 amide bonds. The van der Waals surface area contributed by atoms with Crippen molar-refractivity contribution < 1.29 is 15.0 Å². The lowest BCUT2D eigenvalue weighted by Gasteiger charge is -2.62. The summed E-state index contributed by atoms with van der Waals surface area (Å²) in [6.07, 6.45) is 12.5. The molecule has 0 bridgehead atoms. The molecule has 0 heterocycles. The maximum atomic E-state index is 12.2. The largest absolute Gasteiger partial charge is 0.393 e. The van der Waals surface area contributed by atoms with Gasteiger partial charge in [-0.1, -0.05) is 20.8 Å². The van der Waals surface area contributed by atoms with Crippen molar-refractivity contribution in [1.29, 1.82) is 0 Å². The number of carbonyl (C=O) groups is 1. The standard InChI is InChI=1S/C27H45NO3/c1-16(4-9-24(31)28-18-5-6-18)20-7-8-21-25-22(11-13-27(20,21)3)26(2)12-10-19(29)14-17(26)15-23(25)30/h16-23,25,29-30H,4-15H2,1-3H3,(H,28,31)/t16-,17+,19-,20-,21+,22+,23-,25+,26+,27-/m1/s1. The van der Waals surface area contributed by atoms with E-state index >= 15 is 0 Å². The van der Waals surface area contributed by atoms with Crippen LogP contribution in [0.1, 0.15) is 97.8 Å². The summed E-state index contributed by atoms with van der Waals surface area (Å²) in [5, 5.41) is 24.8. The second-order valence-corrected chi connectivity index (χ2v) is 12.8. The van der Waals surface area contributed by atoms with E-state index in [0.29, 0.717) is 58.8 Å². The van der Waals surface area contributed by atoms with E-state index in [4.69, 9.17) is 0 Å². The normalized spacial score (nSPS) is 50.2. The molecular weight excluding hydrogens is 386 g/mol. The molecule has 0 unspecified atom stereocenters. The Morgan fingerprint density at radius 2 is 1.68 bits per heavy atom. The van der Waals surface area contributed by atoms with Gasteiger partial charge in [-0.3, -0.25) is 4.79 Å². The van der Waals surface area contributed by atoms with Gasteiger partial charge >= 0.3 is 0 Å². The molecule has 5 saturated carbocycles. The van der Waals surface area contributed by atoms with E-state index in [-0.39, 0.29) is 18.1 Å². The Kier molecular flexibility index (Phi) is 5.73. The van der Waals surface area contributed by atoms with Gasteiger partial charge < -0.3 is 15.5 Å². The molecule has 0 aliphatic heterocycles. The number of nitrogens with one attached hydrogen (secondary N) is 1. The maximum Gasteiger partial charge on any atom is 0.220 e. The number of amides is 1. The van der Waals surface area contributed by atoms with Gasteiger partial charge in [0.1, 0.15) is 0 Å². The summed E-state index contributed by atoms with van der Waals surface area (Å²) in [5.41, 5.74) is 0.612. The van der Waals surface area contributed by atoms with Crippen LogP contribution in [0.2, 0.25) is 0 Å². The molecule has 0 aromatic heterocycles. The first-order valence-corrected chi connectivity index (χ1v) is 13.4. The zero-order valence-electron chi connectivity index (χ0n) is 20.0. The number of fused-ring (bicyclic) bond motifs is 5. The van der Waals surface area contributed by atoms with E-state index in [0.717, 1.165) is 44.9 Å². The summed E-state index contributed by atoms with van der Waals surface area (Å²) in [5.74, 6) is 3.66. The number of aliphatic hydroxyl groups is 2. The van der Waals surface area contributed by atoms with Crippen LogP contribution in [0, 0.1) is 46.3 Å². The first-order chi connectivity index (χ1) is 14.7. The highest BCUT2D eigenvalue weighted by atomic mass is 16.3. The van der Waals surface area contributed by atoms with E-state index in [1.807, 2.05) is 0 Å². The van der Waals surface area contributed by atoms with E-state index in [1.54, 1.807) is 0 Å². The second kappa shape index (κ2) is 8.01. The fourth-order valence-corrected chi connectivity index (χ4v) is 9.26. The second-order valence-electron chi connectivity index (χ2n) is 12.8. The predicted octanol–water partition coefficient (Wildman–Crippen LogP) is 4.67. The average molecular weight is 432 g/mol. The molecular formula is C27H45NO3. The molecule has 10 atom stereocenters. The zero-order valence-corrected chi connectivity index (χ0v) is 20.0. The fraction of sp³-hybridized carbons (Fsp3) is 0.963. The molecule has 31 heavy (non-hydrogen) atoms. The molecule has 4 nitrogen and oxygen atoms in total. The molecule has 5 rings (SSSR count). The number of aliphatic hydroxyl groups excluding tert-OH is 2. The molecule has 0 spiro atoms. The Hall–Kier alpha value is -0.610. The van der Waals surface area contributed by atoms with Crippen LogP contribution >= 0.6 is 0 Å². The minimum absolute atomic E-state index is 0.162. The van der Waals surface area contributed by atoms with Crippen molar-refractivity contribution in [1.82, 2.24) is 5.32 Å². The van der Waals surface area contributed by atoms with Crippen LogP contribution in [0.4, 0.5) is 0 Å². The lowest BCUT2D eigenvalue weighted by atomic mass is 9.43. The SMILES string of the molecule is C[C@H](CCC(=O)NC1CC1)[C@H]1CC[C@H]2[C@@H]3[C@H](O)C[C@@H]4C[C@H](O)CC[C@]4(C)[C@H]3CC[C@]12C. The van der Waals surface area contributed by atoms with E-state index in [9.17, 15) is 15.0 Å². The van der Waals surface area contributed by atoms with Crippen molar-refractivity contribution >= 4 is 5.91 Å². The van der Waals surface area contributed by atoms with Gasteiger partial charge in [0.2, 0.25) is 5.91 Å². The predicted molar refractivity (Wildman–Crippen MR) is 122 cm³/mol. The molecule has 0 radical (unpaired) electrons. The molecule has 4 heteroatoms. The van der Waals surface area contributed by atoms with Crippen molar-refractivity contribution in [2.45, 2.75) is 116 Å². The highest BCUT2D eigenvalue weighted by Crippen LogP contribution is 2.68. The summed E-state index contributed by atoms with van der Waals surface area (Å²) in [6.45, 7) is 7.40. The van der Waals surface area contributed by atoms with Gasteiger partial charge in [-0.2, -0.15) is 0 Å². The summed E-state index contributed by atoms with van der Waals surface area (Å²) < 4.78 is 0. The van der Waals surface area contributed by atoms with Crippen LogP contribution in [0.5, 0.6) is 0 Å². The van der Waals surface area contributed by atoms with Crippen molar-refractivity contribution in [3.8, 4) is 0 Å². The third-order valence-corrected chi connectivity index (χ3v) is 11.2. The fourth-order valence-electron chi connectivity index (χ4n) is 9.26. The number of hydrogen-bond donors (Lipinski definition) is 3. The lowest BCUT2D eigenvalue weighted by Crippen LogP contribution is -2.58. The molecule has 3 N–H and O–H groups in total. The summed E-state index contributed by atoms with van der Waals surface area (Å²) in [6, 6.07) is 0.463. The quantitative estimate of drug-likeness (QED) is 0.592. The number of rotatable bonds is 5. The lowest BCUT2D eigenvalue weighted by molar-refractivity contribution is -0.174. The topological polar surface area (TPSA) is 69.6 Å². The van der Waals surface area contributed by atoms with Crippen molar-refractivity contribution in [3.05, 3.63) is 0 Å². The van der Waals surface area contributed by atoms with E-state index < -0.39 is 0 Å².